The molecular formula is C16H26N3OS+. The Morgan fingerprint density at radius 1 is 1.33 bits per heavy atom. The summed E-state index contributed by atoms with van der Waals surface area (Å²) in [4.78, 5) is 1.58. The van der Waals surface area contributed by atoms with Gasteiger partial charge in [0.25, 0.3) is 0 Å². The fourth-order valence-electron chi connectivity index (χ4n) is 2.41. The first-order valence-electron chi connectivity index (χ1n) is 7.71. The van der Waals surface area contributed by atoms with Crippen molar-refractivity contribution in [1.82, 2.24) is 5.32 Å². The summed E-state index contributed by atoms with van der Waals surface area (Å²) in [6.45, 7) is 10.3. The summed E-state index contributed by atoms with van der Waals surface area (Å²) >= 11 is 5.36. The molecule has 116 valence electrons. The van der Waals surface area contributed by atoms with Crippen molar-refractivity contribution in [2.45, 2.75) is 19.8 Å². The van der Waals surface area contributed by atoms with Crippen molar-refractivity contribution in [3.63, 3.8) is 0 Å². The Kier molecular flexibility index (Phi) is 6.42. The first-order valence-corrected chi connectivity index (χ1v) is 8.12. The first kappa shape index (κ1) is 16.2. The minimum absolute atomic E-state index is 0.526. The molecule has 0 spiro atoms. The van der Waals surface area contributed by atoms with Crippen LogP contribution < -0.4 is 15.5 Å². The normalized spacial score (nSPS) is 16.0. The third-order valence-electron chi connectivity index (χ3n) is 3.78. The minimum Gasteiger partial charge on any atom is -0.370 e. The second-order valence-corrected chi connectivity index (χ2v) is 6.18. The lowest BCUT2D eigenvalue weighted by atomic mass is 10.0. The van der Waals surface area contributed by atoms with E-state index in [0.717, 1.165) is 45.1 Å². The zero-order valence-electron chi connectivity index (χ0n) is 12.9. The molecule has 21 heavy (non-hydrogen) atoms. The summed E-state index contributed by atoms with van der Waals surface area (Å²) in [5.41, 5.74) is 2.37. The molecule has 1 fully saturated rings. The van der Waals surface area contributed by atoms with E-state index >= 15 is 0 Å². The molecule has 1 aromatic carbocycles. The smallest absolute Gasteiger partial charge is 0.170 e. The summed E-state index contributed by atoms with van der Waals surface area (Å²) in [6.07, 6.45) is 0. The van der Waals surface area contributed by atoms with Gasteiger partial charge in [-0.15, -0.1) is 0 Å². The number of morpholine rings is 1. The van der Waals surface area contributed by atoms with Crippen molar-refractivity contribution in [3.8, 4) is 0 Å². The first-order chi connectivity index (χ1) is 10.1. The standard InChI is InChI=1S/C16H25N3OS/c1-13(2)14-4-3-5-15(12-14)18-16(21)17-6-7-19-8-10-20-11-9-19/h3-5,12-13H,6-11H2,1-2H3,(H2,17,18,21)/p+1. The monoisotopic (exact) mass is 308 g/mol. The maximum absolute atomic E-state index is 5.36. The molecule has 0 amide bonds. The molecule has 0 bridgehead atoms. The molecule has 0 atom stereocenters. The van der Waals surface area contributed by atoms with Crippen molar-refractivity contribution in [3.05, 3.63) is 29.8 Å². The fraction of sp³-hybridized carbons (Fsp3) is 0.562. The molecule has 3 N–H and O–H groups in total. The molecule has 1 aliphatic heterocycles. The third-order valence-corrected chi connectivity index (χ3v) is 4.02. The number of quaternary nitrogens is 1. The van der Waals surface area contributed by atoms with E-state index < -0.39 is 0 Å². The number of thiocarbonyl (C=S) groups is 1. The summed E-state index contributed by atoms with van der Waals surface area (Å²) in [5.74, 6) is 0.526. The van der Waals surface area contributed by atoms with Crippen LogP contribution in [0.1, 0.15) is 25.3 Å². The van der Waals surface area contributed by atoms with E-state index in [9.17, 15) is 0 Å². The Labute approximate surface area is 132 Å². The van der Waals surface area contributed by atoms with E-state index in [0.29, 0.717) is 11.0 Å². The Bertz CT molecular complexity index is 459. The van der Waals surface area contributed by atoms with E-state index in [1.54, 1.807) is 4.90 Å². The molecule has 0 aromatic heterocycles. The van der Waals surface area contributed by atoms with Crippen LogP contribution in [0.15, 0.2) is 24.3 Å². The van der Waals surface area contributed by atoms with Crippen LogP contribution in [0.4, 0.5) is 5.69 Å². The Morgan fingerprint density at radius 2 is 2.10 bits per heavy atom. The van der Waals surface area contributed by atoms with Crippen LogP contribution in [-0.4, -0.2) is 44.5 Å². The highest BCUT2D eigenvalue weighted by atomic mass is 32.1. The Hall–Kier alpha value is -1.17. The predicted octanol–water partition coefficient (Wildman–Crippen LogP) is 1.01. The van der Waals surface area contributed by atoms with E-state index in [-0.39, 0.29) is 0 Å². The van der Waals surface area contributed by atoms with Gasteiger partial charge in [-0.05, 0) is 35.8 Å². The molecule has 1 saturated heterocycles. The zero-order chi connectivity index (χ0) is 15.1. The Morgan fingerprint density at radius 3 is 2.81 bits per heavy atom. The Balaban J connectivity index is 1.72. The van der Waals surface area contributed by atoms with Gasteiger partial charge in [0.05, 0.1) is 26.3 Å². The second kappa shape index (κ2) is 8.32. The van der Waals surface area contributed by atoms with Gasteiger partial charge in [0, 0.05) is 5.69 Å². The van der Waals surface area contributed by atoms with Gasteiger partial charge in [0.2, 0.25) is 0 Å². The quantitative estimate of drug-likeness (QED) is 0.710. The van der Waals surface area contributed by atoms with E-state index in [4.69, 9.17) is 17.0 Å². The van der Waals surface area contributed by atoms with Gasteiger partial charge in [-0.2, -0.15) is 0 Å². The van der Waals surface area contributed by atoms with Crippen LogP contribution in [0, 0.1) is 0 Å². The lowest BCUT2D eigenvalue weighted by molar-refractivity contribution is -0.906. The highest BCUT2D eigenvalue weighted by Crippen LogP contribution is 2.18. The lowest BCUT2D eigenvalue weighted by Crippen LogP contribution is -3.14. The summed E-state index contributed by atoms with van der Waals surface area (Å²) in [5, 5.41) is 7.24. The molecule has 0 saturated carbocycles. The number of hydrogen-bond acceptors (Lipinski definition) is 2. The molecule has 5 heteroatoms. The van der Waals surface area contributed by atoms with Crippen LogP contribution in [0.25, 0.3) is 0 Å². The largest absolute Gasteiger partial charge is 0.370 e. The second-order valence-electron chi connectivity index (χ2n) is 5.77. The van der Waals surface area contributed by atoms with Gasteiger partial charge in [-0.1, -0.05) is 26.0 Å². The molecule has 0 radical (unpaired) electrons. The van der Waals surface area contributed by atoms with Gasteiger partial charge >= 0.3 is 0 Å². The van der Waals surface area contributed by atoms with Crippen molar-refractivity contribution < 1.29 is 9.64 Å². The van der Waals surface area contributed by atoms with Crippen molar-refractivity contribution in [2.24, 2.45) is 0 Å². The van der Waals surface area contributed by atoms with Gasteiger partial charge in [0.1, 0.15) is 13.1 Å². The maximum Gasteiger partial charge on any atom is 0.170 e. The van der Waals surface area contributed by atoms with Gasteiger partial charge in [-0.3, -0.25) is 0 Å². The average Bonchev–Trinajstić information content (AvgIpc) is 2.48. The van der Waals surface area contributed by atoms with Crippen molar-refractivity contribution in [2.75, 3.05) is 44.7 Å². The third kappa shape index (κ3) is 5.61. The molecule has 1 heterocycles. The summed E-state index contributed by atoms with van der Waals surface area (Å²) in [6, 6.07) is 8.42. The number of anilines is 1. The lowest BCUT2D eigenvalue weighted by Gasteiger charge is -2.24. The SMILES string of the molecule is CC(C)c1cccc(NC(=S)NCC[NH+]2CCOCC2)c1. The van der Waals surface area contributed by atoms with Crippen LogP contribution in [0.5, 0.6) is 0 Å². The highest BCUT2D eigenvalue weighted by molar-refractivity contribution is 7.80. The van der Waals surface area contributed by atoms with E-state index in [1.165, 1.54) is 5.56 Å². The highest BCUT2D eigenvalue weighted by Gasteiger charge is 2.12. The molecule has 0 unspecified atom stereocenters. The maximum atomic E-state index is 5.36. The molecule has 2 rings (SSSR count). The topological polar surface area (TPSA) is 37.7 Å². The number of benzene rings is 1. The van der Waals surface area contributed by atoms with Crippen LogP contribution in [0.2, 0.25) is 0 Å². The number of hydrogen-bond donors (Lipinski definition) is 3. The van der Waals surface area contributed by atoms with Gasteiger partial charge < -0.3 is 20.3 Å². The molecule has 4 nitrogen and oxygen atoms in total. The minimum atomic E-state index is 0.526. The predicted molar refractivity (Wildman–Crippen MR) is 91.1 cm³/mol. The van der Waals surface area contributed by atoms with Crippen LogP contribution >= 0.6 is 12.2 Å². The molecular weight excluding hydrogens is 282 g/mol. The molecule has 1 aromatic rings. The van der Waals surface area contributed by atoms with Crippen molar-refractivity contribution in [1.29, 1.82) is 0 Å². The van der Waals surface area contributed by atoms with E-state index in [2.05, 4.69) is 42.7 Å². The fourth-order valence-corrected chi connectivity index (χ4v) is 2.63. The summed E-state index contributed by atoms with van der Waals surface area (Å²) in [7, 11) is 0. The number of ether oxygens (including phenoxy) is 1. The van der Waals surface area contributed by atoms with Gasteiger partial charge in [0.15, 0.2) is 5.11 Å². The van der Waals surface area contributed by atoms with Crippen LogP contribution in [-0.2, 0) is 4.74 Å². The number of rotatable bonds is 5. The average molecular weight is 308 g/mol. The molecule has 1 aliphatic rings. The van der Waals surface area contributed by atoms with Gasteiger partial charge in [-0.25, -0.2) is 0 Å². The van der Waals surface area contributed by atoms with E-state index in [1.807, 2.05) is 6.07 Å². The van der Waals surface area contributed by atoms with Crippen LogP contribution in [0.3, 0.4) is 0 Å². The molecule has 0 aliphatic carbocycles. The zero-order valence-corrected chi connectivity index (χ0v) is 13.8. The summed E-state index contributed by atoms with van der Waals surface area (Å²) < 4.78 is 5.36. The number of nitrogens with one attached hydrogen (secondary N) is 3. The van der Waals surface area contributed by atoms with Crippen molar-refractivity contribution >= 4 is 23.0 Å².